The maximum Gasteiger partial charge on any atom is 0.373 e. The number of aryl methyl sites for hydroxylation is 2. The lowest BCUT2D eigenvalue weighted by molar-refractivity contribution is -0.191. The summed E-state index contributed by atoms with van der Waals surface area (Å²) in [6.07, 6.45) is 5.64. The predicted molar refractivity (Wildman–Crippen MR) is 196 cm³/mol. The number of rotatable bonds is 9. The molecule has 0 saturated carbocycles. The zero-order valence-electron chi connectivity index (χ0n) is 30.0. The highest BCUT2D eigenvalue weighted by Gasteiger charge is 2.24. The number of aliphatic hydroxyl groups is 1. The molecule has 3 N–H and O–H groups in total. The minimum absolute atomic E-state index is 0.0403. The van der Waals surface area contributed by atoms with Gasteiger partial charge < -0.3 is 20.5 Å². The molecule has 8 nitrogen and oxygen atoms in total. The van der Waals surface area contributed by atoms with Gasteiger partial charge in [-0.05, 0) is 130 Å². The summed E-state index contributed by atoms with van der Waals surface area (Å²) in [6.45, 7) is 13.1. The Kier molecular flexibility index (Phi) is 15.8. The molecule has 0 aromatic heterocycles. The molecule has 1 fully saturated rings. The Morgan fingerprint density at radius 2 is 1.78 bits per heavy atom. The van der Waals surface area contributed by atoms with Crippen LogP contribution in [0.25, 0.3) is 11.1 Å². The van der Waals surface area contributed by atoms with Crippen molar-refractivity contribution >= 4 is 29.7 Å². The number of methoxy groups -OCH3 is 1. The van der Waals surface area contributed by atoms with Crippen LogP contribution in [0.1, 0.15) is 74.0 Å². The van der Waals surface area contributed by atoms with Gasteiger partial charge in [-0.25, -0.2) is 13.8 Å². The van der Waals surface area contributed by atoms with Gasteiger partial charge in [0.15, 0.2) is 5.82 Å². The van der Waals surface area contributed by atoms with E-state index in [4.69, 9.17) is 30.9 Å². The van der Waals surface area contributed by atoms with Crippen molar-refractivity contribution in [2.45, 2.75) is 78.5 Å². The third kappa shape index (κ3) is 10.8. The fourth-order valence-electron chi connectivity index (χ4n) is 6.29. The number of halogens is 3. The smallest absolute Gasteiger partial charge is 0.373 e. The Morgan fingerprint density at radius 3 is 2.40 bits per heavy atom. The zero-order valence-corrected chi connectivity index (χ0v) is 30.8. The van der Waals surface area contributed by atoms with Crippen LogP contribution in [-0.4, -0.2) is 68.3 Å². The molecule has 0 bridgehead atoms. The molecule has 50 heavy (non-hydrogen) atoms. The number of aliphatic hydroxyl groups excluding tert-OH is 1. The van der Waals surface area contributed by atoms with Crippen LogP contribution in [0.2, 0.25) is 5.02 Å². The second kappa shape index (κ2) is 19.5. The maximum atomic E-state index is 14.9. The van der Waals surface area contributed by atoms with Gasteiger partial charge >= 0.3 is 6.15 Å². The molecule has 1 heterocycles. The van der Waals surface area contributed by atoms with E-state index in [1.165, 1.54) is 23.3 Å². The minimum Gasteiger partial charge on any atom is -0.388 e. The maximum absolute atomic E-state index is 14.9. The third-order valence-electron chi connectivity index (χ3n) is 9.14. The topological polar surface area (TPSA) is 103 Å². The molecule has 5 rings (SSSR count). The summed E-state index contributed by atoms with van der Waals surface area (Å²) < 4.78 is 34.7. The van der Waals surface area contributed by atoms with Gasteiger partial charge in [0.25, 0.3) is 0 Å². The monoisotopic (exact) mass is 710 g/mol. The Labute approximate surface area is 299 Å². The van der Waals surface area contributed by atoms with Crippen LogP contribution < -0.4 is 10.6 Å². The van der Waals surface area contributed by atoms with E-state index in [1.807, 2.05) is 45.9 Å². The van der Waals surface area contributed by atoms with Crippen molar-refractivity contribution in [3.8, 4) is 11.1 Å². The molecule has 1 aliphatic carbocycles. The highest BCUT2D eigenvalue weighted by molar-refractivity contribution is 6.30. The van der Waals surface area contributed by atoms with Crippen molar-refractivity contribution in [2.75, 3.05) is 39.2 Å². The number of anilines is 1. The van der Waals surface area contributed by atoms with Crippen LogP contribution in [0.3, 0.4) is 0 Å². The van der Waals surface area contributed by atoms with Gasteiger partial charge in [-0.1, -0.05) is 23.7 Å². The Bertz CT molecular complexity index is 1700. The highest BCUT2D eigenvalue weighted by Crippen LogP contribution is 2.35. The summed E-state index contributed by atoms with van der Waals surface area (Å²) in [6, 6.07) is 12.7. The number of hydrogen-bond donors (Lipinski definition) is 3. The SMILES string of the molecule is CNc1ccc(F)c(-c2ccc(C)c(/C=N\C(NC3CCN(C(C)COC)CC3)=C(C)C)c2)c1F.Cc1cc(Cl)cc2c1CCC2O.O=C=O. The molecule has 11 heteroatoms. The molecular formula is C39H49ClF2N4O4. The summed E-state index contributed by atoms with van der Waals surface area (Å²) in [7, 11) is 3.36. The summed E-state index contributed by atoms with van der Waals surface area (Å²) in [5.74, 6) is -0.351. The van der Waals surface area contributed by atoms with Crippen LogP contribution in [-0.2, 0) is 20.7 Å². The number of hydrogen-bond acceptors (Lipinski definition) is 8. The number of nitrogens with one attached hydrogen (secondary N) is 2. The van der Waals surface area contributed by atoms with Gasteiger partial charge in [-0.15, -0.1) is 0 Å². The van der Waals surface area contributed by atoms with E-state index in [1.54, 1.807) is 32.5 Å². The van der Waals surface area contributed by atoms with Crippen molar-refractivity contribution in [1.29, 1.82) is 0 Å². The average molecular weight is 711 g/mol. The Morgan fingerprint density at radius 1 is 1.10 bits per heavy atom. The molecule has 1 aliphatic heterocycles. The first-order valence-electron chi connectivity index (χ1n) is 16.8. The predicted octanol–water partition coefficient (Wildman–Crippen LogP) is 7.79. The number of fused-ring (bicyclic) bond motifs is 1. The number of likely N-dealkylation sites (tertiary alicyclic amines) is 1. The first-order chi connectivity index (χ1) is 23.8. The lowest BCUT2D eigenvalue weighted by atomic mass is 9.98. The molecule has 0 amide bonds. The fourth-order valence-corrected chi connectivity index (χ4v) is 6.57. The molecule has 3 aromatic carbocycles. The standard InChI is InChI=1S/C28H38F2N4O.C10H11ClO.CO2/c1-18(2)28(33-23-11-13-34(14-12-23)20(4)17-35-6)32-16-22-15-21(8-7-19(22)3)26-24(29)9-10-25(31-5)27(26)30;1-6-4-7(11)5-9-8(6)2-3-10(9)12;2-1-3/h7-10,15-16,20,23,31,33H,11-14,17H2,1-6H3;4-5,10,12H,2-3H2,1H3;/b32-16-;;. The van der Waals surface area contributed by atoms with Crippen LogP contribution >= 0.6 is 11.6 Å². The second-order valence-electron chi connectivity index (χ2n) is 12.9. The van der Waals surface area contributed by atoms with Gasteiger partial charge in [-0.3, -0.25) is 4.90 Å². The van der Waals surface area contributed by atoms with E-state index in [9.17, 15) is 13.9 Å². The van der Waals surface area contributed by atoms with Crippen molar-refractivity contribution in [1.82, 2.24) is 10.2 Å². The van der Waals surface area contributed by atoms with E-state index in [0.29, 0.717) is 17.6 Å². The van der Waals surface area contributed by atoms with E-state index in [-0.39, 0.29) is 23.5 Å². The second-order valence-corrected chi connectivity index (χ2v) is 13.3. The summed E-state index contributed by atoms with van der Waals surface area (Å²) >= 11 is 5.88. The van der Waals surface area contributed by atoms with Gasteiger partial charge in [0.05, 0.1) is 24.0 Å². The minimum atomic E-state index is -0.600. The van der Waals surface area contributed by atoms with Gasteiger partial charge in [-0.2, -0.15) is 9.59 Å². The van der Waals surface area contributed by atoms with Gasteiger partial charge in [0.2, 0.25) is 0 Å². The number of piperidine rings is 1. The number of aliphatic imine (C=N–C) groups is 1. The summed E-state index contributed by atoms with van der Waals surface area (Å²) in [4.78, 5) is 23.5. The van der Waals surface area contributed by atoms with E-state index in [0.717, 1.165) is 78.5 Å². The molecule has 2 aliphatic rings. The molecular weight excluding hydrogens is 662 g/mol. The molecule has 2 unspecified atom stereocenters. The Balaban J connectivity index is 0.000000371. The molecule has 1 saturated heterocycles. The van der Waals surface area contributed by atoms with Crippen molar-refractivity contribution in [2.24, 2.45) is 4.99 Å². The van der Waals surface area contributed by atoms with Crippen molar-refractivity contribution < 1.29 is 28.2 Å². The number of benzene rings is 3. The lowest BCUT2D eigenvalue weighted by Gasteiger charge is -2.36. The third-order valence-corrected chi connectivity index (χ3v) is 9.35. The molecule has 0 radical (unpaired) electrons. The molecule has 2 atom stereocenters. The molecule has 270 valence electrons. The number of carbonyl (C=O) groups excluding carboxylic acids is 2. The first-order valence-corrected chi connectivity index (χ1v) is 17.2. The van der Waals surface area contributed by atoms with E-state index < -0.39 is 11.6 Å². The average Bonchev–Trinajstić information content (AvgIpc) is 3.45. The number of allylic oxidation sites excluding steroid dienone is 1. The van der Waals surface area contributed by atoms with Crippen molar-refractivity contribution in [3.05, 3.63) is 98.3 Å². The highest BCUT2D eigenvalue weighted by atomic mass is 35.5. The largest absolute Gasteiger partial charge is 0.388 e. The number of ether oxygens (including phenoxy) is 1. The van der Waals surface area contributed by atoms with E-state index >= 15 is 0 Å². The lowest BCUT2D eigenvalue weighted by Crippen LogP contribution is -2.46. The van der Waals surface area contributed by atoms with Crippen LogP contribution in [0.4, 0.5) is 14.5 Å². The summed E-state index contributed by atoms with van der Waals surface area (Å²) in [5, 5.41) is 16.7. The van der Waals surface area contributed by atoms with Crippen LogP contribution in [0.5, 0.6) is 0 Å². The van der Waals surface area contributed by atoms with E-state index in [2.05, 4.69) is 22.5 Å². The Hall–Kier alpha value is -3.92. The molecule has 0 spiro atoms. The first kappa shape index (κ1) is 40.5. The quantitative estimate of drug-likeness (QED) is 0.195. The normalized spacial score (nSPS) is 16.3. The van der Waals surface area contributed by atoms with Gasteiger partial charge in [0.1, 0.15) is 11.6 Å². The van der Waals surface area contributed by atoms with Crippen LogP contribution in [0, 0.1) is 25.5 Å². The van der Waals surface area contributed by atoms with Crippen molar-refractivity contribution in [3.63, 3.8) is 0 Å². The van der Waals surface area contributed by atoms with Crippen LogP contribution in [0.15, 0.2) is 58.9 Å². The summed E-state index contributed by atoms with van der Waals surface area (Å²) in [5.41, 5.74) is 7.10. The number of nitrogens with zero attached hydrogens (tertiary/aromatic N) is 2. The fraction of sp³-hybridized carbons (Fsp3) is 0.436. The molecule has 3 aromatic rings. The zero-order chi connectivity index (χ0) is 37.0. The van der Waals surface area contributed by atoms with Gasteiger partial charge in [0, 0.05) is 50.6 Å².